The molecule has 2 rings (SSSR count). The molecular formula is C16H23N3O3. The monoisotopic (exact) mass is 305 g/mol. The van der Waals surface area contributed by atoms with Gasteiger partial charge >= 0.3 is 6.03 Å². The smallest absolute Gasteiger partial charge is 0.319 e. The fraction of sp³-hybridized carbons (Fsp3) is 0.500. The van der Waals surface area contributed by atoms with Crippen LogP contribution >= 0.6 is 0 Å². The SMILES string of the molecule is COc1ccc(NC(=O)NC(C)(C)C)cc1N1CCCC1=O. The first kappa shape index (κ1) is 16.1. The second-order valence-corrected chi connectivity index (χ2v) is 6.36. The van der Waals surface area contributed by atoms with Crippen molar-refractivity contribution in [2.45, 2.75) is 39.2 Å². The summed E-state index contributed by atoms with van der Waals surface area (Å²) >= 11 is 0. The van der Waals surface area contributed by atoms with Gasteiger partial charge in [0.15, 0.2) is 0 Å². The third kappa shape index (κ3) is 3.90. The molecule has 1 aliphatic heterocycles. The molecule has 0 aromatic heterocycles. The summed E-state index contributed by atoms with van der Waals surface area (Å²) in [6.07, 6.45) is 1.38. The summed E-state index contributed by atoms with van der Waals surface area (Å²) < 4.78 is 5.32. The lowest BCUT2D eigenvalue weighted by atomic mass is 10.1. The van der Waals surface area contributed by atoms with Crippen LogP contribution in [0.2, 0.25) is 0 Å². The molecule has 0 radical (unpaired) electrons. The van der Waals surface area contributed by atoms with Crippen molar-refractivity contribution in [3.63, 3.8) is 0 Å². The van der Waals surface area contributed by atoms with E-state index in [1.54, 1.807) is 30.2 Å². The number of benzene rings is 1. The fourth-order valence-electron chi connectivity index (χ4n) is 2.38. The molecular weight excluding hydrogens is 282 g/mol. The van der Waals surface area contributed by atoms with E-state index in [2.05, 4.69) is 10.6 Å². The molecule has 6 nitrogen and oxygen atoms in total. The van der Waals surface area contributed by atoms with Crippen LogP contribution in [0.1, 0.15) is 33.6 Å². The number of carbonyl (C=O) groups is 2. The van der Waals surface area contributed by atoms with Crippen molar-refractivity contribution in [3.05, 3.63) is 18.2 Å². The Hall–Kier alpha value is -2.24. The van der Waals surface area contributed by atoms with Crippen molar-refractivity contribution >= 4 is 23.3 Å². The van der Waals surface area contributed by atoms with Crippen molar-refractivity contribution in [1.82, 2.24) is 5.32 Å². The number of nitrogens with zero attached hydrogens (tertiary/aromatic N) is 1. The highest BCUT2D eigenvalue weighted by atomic mass is 16.5. The molecule has 0 saturated carbocycles. The van der Waals surface area contributed by atoms with E-state index in [0.29, 0.717) is 30.1 Å². The lowest BCUT2D eigenvalue weighted by Gasteiger charge is -2.22. The quantitative estimate of drug-likeness (QED) is 0.902. The van der Waals surface area contributed by atoms with Gasteiger partial charge in [-0.2, -0.15) is 0 Å². The molecule has 0 spiro atoms. The van der Waals surface area contributed by atoms with Gasteiger partial charge in [-0.05, 0) is 45.4 Å². The van der Waals surface area contributed by atoms with Gasteiger partial charge in [-0.3, -0.25) is 4.79 Å². The molecule has 1 aromatic carbocycles. The van der Waals surface area contributed by atoms with E-state index < -0.39 is 0 Å². The summed E-state index contributed by atoms with van der Waals surface area (Å²) in [7, 11) is 1.57. The number of hydrogen-bond donors (Lipinski definition) is 2. The van der Waals surface area contributed by atoms with Crippen molar-refractivity contribution in [2.24, 2.45) is 0 Å². The van der Waals surface area contributed by atoms with E-state index in [1.807, 2.05) is 20.8 Å². The average molecular weight is 305 g/mol. The van der Waals surface area contributed by atoms with E-state index in [0.717, 1.165) is 6.42 Å². The molecule has 1 fully saturated rings. The minimum atomic E-state index is -0.315. The first-order valence-electron chi connectivity index (χ1n) is 7.38. The van der Waals surface area contributed by atoms with E-state index in [-0.39, 0.29) is 17.5 Å². The van der Waals surface area contributed by atoms with Crippen LogP contribution in [-0.2, 0) is 4.79 Å². The van der Waals surface area contributed by atoms with Crippen molar-refractivity contribution < 1.29 is 14.3 Å². The first-order valence-corrected chi connectivity index (χ1v) is 7.38. The van der Waals surface area contributed by atoms with Crippen molar-refractivity contribution in [2.75, 3.05) is 23.9 Å². The Morgan fingerprint density at radius 2 is 2.05 bits per heavy atom. The third-order valence-electron chi connectivity index (χ3n) is 3.29. The van der Waals surface area contributed by atoms with Gasteiger partial charge in [0.25, 0.3) is 0 Å². The van der Waals surface area contributed by atoms with E-state index in [4.69, 9.17) is 4.74 Å². The lowest BCUT2D eigenvalue weighted by Crippen LogP contribution is -2.43. The van der Waals surface area contributed by atoms with Gasteiger partial charge in [0, 0.05) is 24.2 Å². The number of ether oxygens (including phenoxy) is 1. The Balaban J connectivity index is 2.20. The van der Waals surface area contributed by atoms with Crippen LogP contribution in [-0.4, -0.2) is 31.1 Å². The minimum Gasteiger partial charge on any atom is -0.495 e. The molecule has 0 atom stereocenters. The zero-order valence-corrected chi connectivity index (χ0v) is 13.5. The predicted octanol–water partition coefficient (Wildman–Crippen LogP) is 2.74. The van der Waals surface area contributed by atoms with Gasteiger partial charge < -0.3 is 20.3 Å². The van der Waals surface area contributed by atoms with Crippen LogP contribution in [0.3, 0.4) is 0 Å². The molecule has 0 aliphatic carbocycles. The topological polar surface area (TPSA) is 70.7 Å². The highest BCUT2D eigenvalue weighted by Gasteiger charge is 2.25. The Morgan fingerprint density at radius 3 is 2.59 bits per heavy atom. The van der Waals surface area contributed by atoms with Gasteiger partial charge in [0.1, 0.15) is 5.75 Å². The number of hydrogen-bond acceptors (Lipinski definition) is 3. The molecule has 1 heterocycles. The average Bonchev–Trinajstić information content (AvgIpc) is 2.82. The number of urea groups is 1. The summed E-state index contributed by atoms with van der Waals surface area (Å²) in [4.78, 5) is 25.6. The number of methoxy groups -OCH3 is 1. The summed E-state index contributed by atoms with van der Waals surface area (Å²) in [6.45, 7) is 6.41. The highest BCUT2D eigenvalue weighted by molar-refractivity contribution is 5.98. The van der Waals surface area contributed by atoms with Crippen LogP contribution < -0.4 is 20.3 Å². The number of amides is 3. The van der Waals surface area contributed by atoms with E-state index in [9.17, 15) is 9.59 Å². The third-order valence-corrected chi connectivity index (χ3v) is 3.29. The Morgan fingerprint density at radius 1 is 1.32 bits per heavy atom. The van der Waals surface area contributed by atoms with Crippen molar-refractivity contribution in [1.29, 1.82) is 0 Å². The lowest BCUT2D eigenvalue weighted by molar-refractivity contribution is -0.117. The second kappa shape index (κ2) is 6.25. The molecule has 0 unspecified atom stereocenters. The van der Waals surface area contributed by atoms with Crippen molar-refractivity contribution in [3.8, 4) is 5.75 Å². The Kier molecular flexibility index (Phi) is 4.59. The maximum atomic E-state index is 11.9. The van der Waals surface area contributed by atoms with Crippen LogP contribution in [0.15, 0.2) is 18.2 Å². The zero-order chi connectivity index (χ0) is 16.3. The Bertz CT molecular complexity index is 578. The number of carbonyl (C=O) groups excluding carboxylic acids is 2. The molecule has 1 saturated heterocycles. The van der Waals surface area contributed by atoms with Gasteiger partial charge in [-0.1, -0.05) is 0 Å². The van der Waals surface area contributed by atoms with Gasteiger partial charge in [0.05, 0.1) is 12.8 Å². The van der Waals surface area contributed by atoms with Crippen LogP contribution in [0, 0.1) is 0 Å². The molecule has 2 N–H and O–H groups in total. The van der Waals surface area contributed by atoms with Crippen LogP contribution in [0.5, 0.6) is 5.75 Å². The number of nitrogens with one attached hydrogen (secondary N) is 2. The summed E-state index contributed by atoms with van der Waals surface area (Å²) in [6, 6.07) is 5.00. The van der Waals surface area contributed by atoms with E-state index >= 15 is 0 Å². The first-order chi connectivity index (χ1) is 10.3. The van der Waals surface area contributed by atoms with Crippen LogP contribution in [0.4, 0.5) is 16.2 Å². The summed E-state index contributed by atoms with van der Waals surface area (Å²) in [5.74, 6) is 0.701. The molecule has 6 heteroatoms. The van der Waals surface area contributed by atoms with Gasteiger partial charge in [0.2, 0.25) is 5.91 Å². The second-order valence-electron chi connectivity index (χ2n) is 6.36. The fourth-order valence-corrected chi connectivity index (χ4v) is 2.38. The Labute approximate surface area is 130 Å². The van der Waals surface area contributed by atoms with Crippen LogP contribution in [0.25, 0.3) is 0 Å². The summed E-state index contributed by atoms with van der Waals surface area (Å²) in [5.41, 5.74) is 1.00. The summed E-state index contributed by atoms with van der Waals surface area (Å²) in [5, 5.41) is 5.62. The molecule has 22 heavy (non-hydrogen) atoms. The zero-order valence-electron chi connectivity index (χ0n) is 13.5. The number of rotatable bonds is 3. The van der Waals surface area contributed by atoms with Gasteiger partial charge in [-0.15, -0.1) is 0 Å². The maximum Gasteiger partial charge on any atom is 0.319 e. The highest BCUT2D eigenvalue weighted by Crippen LogP contribution is 2.33. The molecule has 3 amide bonds. The molecule has 1 aromatic rings. The minimum absolute atomic E-state index is 0.0783. The van der Waals surface area contributed by atoms with Gasteiger partial charge in [-0.25, -0.2) is 4.79 Å². The standard InChI is InChI=1S/C16H23N3O3/c1-16(2,3)18-15(21)17-11-7-8-13(22-4)12(10-11)19-9-5-6-14(19)20/h7-8,10H,5-6,9H2,1-4H3,(H2,17,18,21). The molecule has 0 bridgehead atoms. The largest absolute Gasteiger partial charge is 0.495 e. The predicted molar refractivity (Wildman–Crippen MR) is 86.5 cm³/mol. The van der Waals surface area contributed by atoms with E-state index in [1.165, 1.54) is 0 Å². The number of anilines is 2. The normalized spacial score (nSPS) is 14.9. The molecule has 120 valence electrons. The maximum absolute atomic E-state index is 11.9. The molecule has 1 aliphatic rings.